The highest BCUT2D eigenvalue weighted by Crippen LogP contribution is 2.28. The van der Waals surface area contributed by atoms with Crippen molar-refractivity contribution in [2.45, 2.75) is 32.7 Å². The minimum absolute atomic E-state index is 0.192. The molecule has 160 valence electrons. The van der Waals surface area contributed by atoms with Crippen LogP contribution in [-0.4, -0.2) is 36.5 Å². The first kappa shape index (κ1) is 20.8. The maximum Gasteiger partial charge on any atom is 0.227 e. The number of carbonyl (C=O) groups is 1. The number of hydrogen-bond acceptors (Lipinski definition) is 3. The molecule has 0 atom stereocenters. The quantitative estimate of drug-likeness (QED) is 0.351. The first-order chi connectivity index (χ1) is 15.3. The molecule has 0 bridgehead atoms. The van der Waals surface area contributed by atoms with Gasteiger partial charge < -0.3 is 15.5 Å². The fourth-order valence-corrected chi connectivity index (χ4v) is 3.98. The summed E-state index contributed by atoms with van der Waals surface area (Å²) in [5.74, 6) is 0.958. The topological polar surface area (TPSA) is 69.6 Å². The van der Waals surface area contributed by atoms with E-state index in [0.29, 0.717) is 19.5 Å². The number of aromatic nitrogens is 1. The van der Waals surface area contributed by atoms with Crippen LogP contribution in [0.25, 0.3) is 10.9 Å². The second kappa shape index (κ2) is 10.1. The minimum Gasteiger partial charge on any atom is -0.357 e. The van der Waals surface area contributed by atoms with Crippen LogP contribution in [0.2, 0.25) is 0 Å². The number of amides is 1. The Bertz CT molecular complexity index is 1070. The fourth-order valence-electron chi connectivity index (χ4n) is 3.98. The molecule has 0 aliphatic carbocycles. The fraction of sp³-hybridized carbons (Fsp3) is 0.320. The number of benzene rings is 2. The van der Waals surface area contributed by atoms with E-state index in [-0.39, 0.29) is 5.91 Å². The standard InChI is InChI=1S/C25H29N5O/c1-2-26-25(29-18-20-13-16-27-22-10-5-4-9-21(20)22)28-15-7-12-24(31)30-17-14-19-8-3-6-11-23(19)30/h3-6,8-11,13,16H,2,7,12,14-15,17-18H2,1H3,(H2,26,28,29). The van der Waals surface area contributed by atoms with E-state index in [1.807, 2.05) is 60.5 Å². The van der Waals surface area contributed by atoms with Gasteiger partial charge >= 0.3 is 0 Å². The van der Waals surface area contributed by atoms with E-state index < -0.39 is 0 Å². The Kier molecular flexibility index (Phi) is 6.77. The van der Waals surface area contributed by atoms with Crippen LogP contribution in [0, 0.1) is 0 Å². The molecule has 31 heavy (non-hydrogen) atoms. The Balaban J connectivity index is 1.30. The van der Waals surface area contributed by atoms with Crippen LogP contribution in [0.3, 0.4) is 0 Å². The molecule has 2 aromatic carbocycles. The number of aliphatic imine (C=N–C) groups is 1. The molecule has 0 saturated heterocycles. The van der Waals surface area contributed by atoms with E-state index in [4.69, 9.17) is 4.99 Å². The van der Waals surface area contributed by atoms with Crippen molar-refractivity contribution in [2.75, 3.05) is 24.5 Å². The molecule has 6 nitrogen and oxygen atoms in total. The Hall–Kier alpha value is -3.41. The summed E-state index contributed by atoms with van der Waals surface area (Å²) in [7, 11) is 0. The van der Waals surface area contributed by atoms with E-state index in [1.54, 1.807) is 0 Å². The molecule has 0 saturated carbocycles. The third kappa shape index (κ3) is 5.02. The van der Waals surface area contributed by atoms with Gasteiger partial charge in [0.05, 0.1) is 12.1 Å². The molecule has 2 heterocycles. The highest BCUT2D eigenvalue weighted by molar-refractivity contribution is 5.95. The van der Waals surface area contributed by atoms with Crippen molar-refractivity contribution >= 4 is 28.5 Å². The first-order valence-corrected chi connectivity index (χ1v) is 11.0. The molecule has 1 aromatic heterocycles. The summed E-state index contributed by atoms with van der Waals surface area (Å²) in [5, 5.41) is 7.77. The zero-order valence-electron chi connectivity index (χ0n) is 18.0. The molecule has 0 spiro atoms. The predicted molar refractivity (Wildman–Crippen MR) is 126 cm³/mol. The highest BCUT2D eigenvalue weighted by atomic mass is 16.2. The van der Waals surface area contributed by atoms with E-state index in [9.17, 15) is 4.79 Å². The SMILES string of the molecule is CCNC(=NCc1ccnc2ccccc12)NCCCC(=O)N1CCc2ccccc21. The summed E-state index contributed by atoms with van der Waals surface area (Å²) >= 11 is 0. The van der Waals surface area contributed by atoms with Gasteiger partial charge in [0.1, 0.15) is 0 Å². The van der Waals surface area contributed by atoms with Crippen molar-refractivity contribution in [3.63, 3.8) is 0 Å². The van der Waals surface area contributed by atoms with Gasteiger partial charge in [-0.1, -0.05) is 36.4 Å². The van der Waals surface area contributed by atoms with E-state index in [1.165, 1.54) is 5.56 Å². The molecular weight excluding hydrogens is 386 g/mol. The molecule has 3 aromatic rings. The average molecular weight is 416 g/mol. The van der Waals surface area contributed by atoms with Gasteiger partial charge in [0.2, 0.25) is 5.91 Å². The Morgan fingerprint density at radius 1 is 1.10 bits per heavy atom. The van der Waals surface area contributed by atoms with Gasteiger partial charge in [-0.05, 0) is 49.1 Å². The lowest BCUT2D eigenvalue weighted by atomic mass is 10.1. The maximum atomic E-state index is 12.7. The number of rotatable bonds is 7. The van der Waals surface area contributed by atoms with Crippen LogP contribution < -0.4 is 15.5 Å². The van der Waals surface area contributed by atoms with Crippen molar-refractivity contribution < 1.29 is 4.79 Å². The van der Waals surface area contributed by atoms with Gasteiger partial charge in [-0.2, -0.15) is 0 Å². The van der Waals surface area contributed by atoms with Crippen LogP contribution in [0.4, 0.5) is 5.69 Å². The lowest BCUT2D eigenvalue weighted by Crippen LogP contribution is -2.38. The van der Waals surface area contributed by atoms with Gasteiger partial charge in [0, 0.05) is 43.3 Å². The van der Waals surface area contributed by atoms with Crippen LogP contribution in [0.5, 0.6) is 0 Å². The lowest BCUT2D eigenvalue weighted by molar-refractivity contribution is -0.118. The highest BCUT2D eigenvalue weighted by Gasteiger charge is 2.23. The van der Waals surface area contributed by atoms with E-state index in [0.717, 1.165) is 54.0 Å². The number of para-hydroxylation sites is 2. The number of pyridine rings is 1. The molecule has 0 radical (unpaired) electrons. The number of carbonyl (C=O) groups excluding carboxylic acids is 1. The summed E-state index contributed by atoms with van der Waals surface area (Å²) in [6.07, 6.45) is 4.06. The lowest BCUT2D eigenvalue weighted by Gasteiger charge is -2.17. The van der Waals surface area contributed by atoms with Gasteiger partial charge in [-0.3, -0.25) is 9.78 Å². The minimum atomic E-state index is 0.192. The molecule has 6 heteroatoms. The van der Waals surface area contributed by atoms with Crippen molar-refractivity contribution in [3.05, 3.63) is 71.9 Å². The summed E-state index contributed by atoms with van der Waals surface area (Å²) in [4.78, 5) is 23.7. The molecule has 2 N–H and O–H groups in total. The number of nitrogens with one attached hydrogen (secondary N) is 2. The van der Waals surface area contributed by atoms with Crippen LogP contribution in [-0.2, 0) is 17.8 Å². The summed E-state index contributed by atoms with van der Waals surface area (Å²) in [6.45, 7) is 4.89. The molecule has 1 amide bonds. The Morgan fingerprint density at radius 2 is 1.94 bits per heavy atom. The number of guanidine groups is 1. The van der Waals surface area contributed by atoms with Crippen molar-refractivity contribution in [1.82, 2.24) is 15.6 Å². The Labute approximate surface area is 183 Å². The van der Waals surface area contributed by atoms with Crippen molar-refractivity contribution in [2.24, 2.45) is 4.99 Å². The largest absolute Gasteiger partial charge is 0.357 e. The maximum absolute atomic E-state index is 12.7. The first-order valence-electron chi connectivity index (χ1n) is 11.0. The van der Waals surface area contributed by atoms with Crippen LogP contribution in [0.15, 0.2) is 65.8 Å². The average Bonchev–Trinajstić information content (AvgIpc) is 3.24. The molecule has 0 unspecified atom stereocenters. The molecule has 1 aliphatic rings. The zero-order chi connectivity index (χ0) is 21.5. The summed E-state index contributed by atoms with van der Waals surface area (Å²) in [5.41, 5.74) is 4.46. The third-order valence-electron chi connectivity index (χ3n) is 5.54. The molecule has 4 rings (SSSR count). The monoisotopic (exact) mass is 415 g/mol. The number of hydrogen-bond donors (Lipinski definition) is 2. The van der Waals surface area contributed by atoms with Crippen LogP contribution in [0.1, 0.15) is 30.9 Å². The van der Waals surface area contributed by atoms with Gasteiger partial charge in [0.15, 0.2) is 5.96 Å². The van der Waals surface area contributed by atoms with Crippen LogP contribution >= 0.6 is 0 Å². The molecule has 1 aliphatic heterocycles. The van der Waals surface area contributed by atoms with Gasteiger partial charge in [-0.15, -0.1) is 0 Å². The number of fused-ring (bicyclic) bond motifs is 2. The van der Waals surface area contributed by atoms with Gasteiger partial charge in [0.25, 0.3) is 0 Å². The Morgan fingerprint density at radius 3 is 2.84 bits per heavy atom. The van der Waals surface area contributed by atoms with Gasteiger partial charge in [-0.25, -0.2) is 4.99 Å². The zero-order valence-corrected chi connectivity index (χ0v) is 18.0. The molecular formula is C25H29N5O. The smallest absolute Gasteiger partial charge is 0.227 e. The van der Waals surface area contributed by atoms with E-state index >= 15 is 0 Å². The van der Waals surface area contributed by atoms with Crippen molar-refractivity contribution in [1.29, 1.82) is 0 Å². The van der Waals surface area contributed by atoms with E-state index in [2.05, 4.69) is 27.8 Å². The summed E-state index contributed by atoms with van der Waals surface area (Å²) < 4.78 is 0. The normalized spacial score (nSPS) is 13.3. The predicted octanol–water partition coefficient (Wildman–Crippen LogP) is 3.66. The number of nitrogens with zero attached hydrogens (tertiary/aromatic N) is 3. The number of anilines is 1. The van der Waals surface area contributed by atoms with Crippen molar-refractivity contribution in [3.8, 4) is 0 Å². The molecule has 0 fully saturated rings. The second-order valence-electron chi connectivity index (χ2n) is 7.64. The second-order valence-corrected chi connectivity index (χ2v) is 7.64. The third-order valence-corrected chi connectivity index (χ3v) is 5.54. The summed E-state index contributed by atoms with van der Waals surface area (Å²) in [6, 6.07) is 18.3.